The van der Waals surface area contributed by atoms with Gasteiger partial charge in [0.15, 0.2) is 5.72 Å². The fourth-order valence-electron chi connectivity index (χ4n) is 3.68. The molecule has 4 rings (SSSR count). The number of amides is 1. The molecular formula is C20H19BrN2O3. The first-order valence-corrected chi connectivity index (χ1v) is 9.27. The molecule has 1 aliphatic rings. The van der Waals surface area contributed by atoms with E-state index >= 15 is 0 Å². The van der Waals surface area contributed by atoms with Crippen LogP contribution < -0.4 is 0 Å². The fourth-order valence-corrected chi connectivity index (χ4v) is 4.04. The largest absolute Gasteiger partial charge is 0.465 e. The van der Waals surface area contributed by atoms with Gasteiger partial charge in [0.2, 0.25) is 0 Å². The number of ether oxygens (including phenoxy) is 1. The quantitative estimate of drug-likeness (QED) is 0.643. The summed E-state index contributed by atoms with van der Waals surface area (Å²) in [6.07, 6.45) is -0.320. The number of halogens is 1. The minimum atomic E-state index is -1.07. The van der Waals surface area contributed by atoms with Gasteiger partial charge in [0.05, 0.1) is 12.3 Å². The van der Waals surface area contributed by atoms with Crippen molar-refractivity contribution in [3.63, 3.8) is 0 Å². The van der Waals surface area contributed by atoms with Gasteiger partial charge in [0, 0.05) is 21.9 Å². The number of hydrogen-bond acceptors (Lipinski definition) is 2. The lowest BCUT2D eigenvalue weighted by molar-refractivity contribution is -0.152. The zero-order valence-electron chi connectivity index (χ0n) is 14.3. The molecule has 134 valence electrons. The highest BCUT2D eigenvalue weighted by atomic mass is 79.9. The maximum atomic E-state index is 11.9. The van der Waals surface area contributed by atoms with E-state index in [9.17, 15) is 9.90 Å². The van der Waals surface area contributed by atoms with E-state index in [1.807, 2.05) is 49.4 Å². The van der Waals surface area contributed by atoms with E-state index in [1.54, 1.807) is 0 Å². The fraction of sp³-hybridized carbons (Fsp3) is 0.250. The molecule has 0 fully saturated rings. The van der Waals surface area contributed by atoms with Gasteiger partial charge in [-0.3, -0.25) is 4.90 Å². The highest BCUT2D eigenvalue weighted by Gasteiger charge is 2.44. The van der Waals surface area contributed by atoms with Crippen LogP contribution in [0.3, 0.4) is 0 Å². The molecule has 6 heteroatoms. The van der Waals surface area contributed by atoms with E-state index in [0.717, 1.165) is 32.2 Å². The highest BCUT2D eigenvalue weighted by Crippen LogP contribution is 2.40. The van der Waals surface area contributed by atoms with E-state index in [1.165, 1.54) is 4.90 Å². The van der Waals surface area contributed by atoms with Crippen LogP contribution in [0.4, 0.5) is 4.79 Å². The predicted octanol–water partition coefficient (Wildman–Crippen LogP) is 4.86. The van der Waals surface area contributed by atoms with Crippen molar-refractivity contribution in [2.45, 2.75) is 25.7 Å². The van der Waals surface area contributed by atoms with Gasteiger partial charge in [-0.15, -0.1) is 0 Å². The van der Waals surface area contributed by atoms with Gasteiger partial charge in [-0.05, 0) is 36.6 Å². The van der Waals surface area contributed by atoms with E-state index in [-0.39, 0.29) is 0 Å². The second kappa shape index (κ2) is 6.45. The minimum absolute atomic E-state index is 0.333. The average Bonchev–Trinajstić information content (AvgIpc) is 3.00. The highest BCUT2D eigenvalue weighted by molar-refractivity contribution is 9.10. The summed E-state index contributed by atoms with van der Waals surface area (Å²) in [4.78, 5) is 16.7. The van der Waals surface area contributed by atoms with E-state index in [2.05, 4.69) is 27.0 Å². The number of aromatic nitrogens is 1. The standard InChI is InChI=1S/C20H19BrN2O3/c1-20(26-12-13-5-3-2-4-6-13)18-16(9-10-23(20)19(24)25)15-8-7-14(21)11-17(15)22-18/h2-8,11,22H,9-10,12H2,1H3,(H,24,25). The zero-order chi connectivity index (χ0) is 18.3. The van der Waals surface area contributed by atoms with Crippen molar-refractivity contribution in [2.75, 3.05) is 6.54 Å². The Labute approximate surface area is 159 Å². The Bertz CT molecular complexity index is 970. The molecule has 0 saturated carbocycles. The third-order valence-electron chi connectivity index (χ3n) is 5.03. The Morgan fingerprint density at radius 3 is 2.81 bits per heavy atom. The Balaban J connectivity index is 1.79. The summed E-state index contributed by atoms with van der Waals surface area (Å²) >= 11 is 3.49. The Morgan fingerprint density at radius 1 is 1.31 bits per heavy atom. The van der Waals surface area contributed by atoms with Gasteiger partial charge >= 0.3 is 6.09 Å². The Morgan fingerprint density at radius 2 is 2.08 bits per heavy atom. The van der Waals surface area contributed by atoms with Crippen molar-refractivity contribution in [2.24, 2.45) is 0 Å². The molecule has 2 aromatic carbocycles. The molecular weight excluding hydrogens is 396 g/mol. The second-order valence-electron chi connectivity index (χ2n) is 6.61. The van der Waals surface area contributed by atoms with Crippen LogP contribution in [0.2, 0.25) is 0 Å². The molecule has 3 aromatic rings. The summed E-state index contributed by atoms with van der Waals surface area (Å²) in [5, 5.41) is 10.9. The van der Waals surface area contributed by atoms with Crippen LogP contribution in [0.15, 0.2) is 53.0 Å². The van der Waals surface area contributed by atoms with Crippen LogP contribution in [0.5, 0.6) is 0 Å². The molecule has 26 heavy (non-hydrogen) atoms. The number of rotatable bonds is 3. The number of carbonyl (C=O) groups is 1. The number of fused-ring (bicyclic) bond motifs is 3. The average molecular weight is 415 g/mol. The number of nitrogens with zero attached hydrogens (tertiary/aromatic N) is 1. The second-order valence-corrected chi connectivity index (χ2v) is 7.53. The molecule has 0 aliphatic carbocycles. The molecule has 1 amide bonds. The summed E-state index contributed by atoms with van der Waals surface area (Å²) in [6, 6.07) is 15.9. The van der Waals surface area contributed by atoms with Crippen molar-refractivity contribution in [3.8, 4) is 0 Å². The normalized spacial score (nSPS) is 19.5. The monoisotopic (exact) mass is 414 g/mol. The summed E-state index contributed by atoms with van der Waals surface area (Å²) in [6.45, 7) is 2.56. The molecule has 0 spiro atoms. The van der Waals surface area contributed by atoms with E-state index < -0.39 is 11.8 Å². The third kappa shape index (κ3) is 2.79. The van der Waals surface area contributed by atoms with Gasteiger partial charge in [0.1, 0.15) is 0 Å². The number of benzene rings is 2. The molecule has 1 atom stereocenters. The molecule has 1 aromatic heterocycles. The molecule has 2 N–H and O–H groups in total. The van der Waals surface area contributed by atoms with Crippen LogP contribution in [0.1, 0.15) is 23.7 Å². The van der Waals surface area contributed by atoms with Crippen LogP contribution in [-0.2, 0) is 23.5 Å². The lowest BCUT2D eigenvalue weighted by atomic mass is 9.95. The van der Waals surface area contributed by atoms with Crippen LogP contribution in [0, 0.1) is 0 Å². The first kappa shape index (κ1) is 17.1. The van der Waals surface area contributed by atoms with Crippen LogP contribution >= 0.6 is 15.9 Å². The maximum Gasteiger partial charge on any atom is 0.409 e. The SMILES string of the molecule is CC1(OCc2ccccc2)c2[nH]c3cc(Br)ccc3c2CCN1C(=O)O. The molecule has 1 aliphatic heterocycles. The van der Waals surface area contributed by atoms with E-state index in [4.69, 9.17) is 4.74 Å². The molecule has 2 heterocycles. The summed E-state index contributed by atoms with van der Waals surface area (Å²) < 4.78 is 7.20. The van der Waals surface area contributed by atoms with Crippen molar-refractivity contribution in [3.05, 3.63) is 69.8 Å². The van der Waals surface area contributed by atoms with E-state index in [0.29, 0.717) is 19.6 Å². The van der Waals surface area contributed by atoms with Gasteiger partial charge in [0.25, 0.3) is 0 Å². The van der Waals surface area contributed by atoms with Crippen molar-refractivity contribution in [1.29, 1.82) is 0 Å². The Kier molecular flexibility index (Phi) is 4.25. The van der Waals surface area contributed by atoms with Crippen molar-refractivity contribution < 1.29 is 14.6 Å². The van der Waals surface area contributed by atoms with Crippen molar-refractivity contribution >= 4 is 32.9 Å². The number of nitrogens with one attached hydrogen (secondary N) is 1. The molecule has 1 unspecified atom stereocenters. The van der Waals surface area contributed by atoms with Gasteiger partial charge < -0.3 is 14.8 Å². The van der Waals surface area contributed by atoms with Gasteiger partial charge in [-0.25, -0.2) is 4.79 Å². The lowest BCUT2D eigenvalue weighted by Crippen LogP contribution is -2.52. The number of carboxylic acid groups (broad SMARTS) is 1. The maximum absolute atomic E-state index is 11.9. The molecule has 0 bridgehead atoms. The Hall–Kier alpha value is -2.31. The topological polar surface area (TPSA) is 65.6 Å². The molecule has 0 saturated heterocycles. The zero-order valence-corrected chi connectivity index (χ0v) is 15.9. The van der Waals surface area contributed by atoms with Gasteiger partial charge in [-0.1, -0.05) is 52.3 Å². The molecule has 5 nitrogen and oxygen atoms in total. The summed E-state index contributed by atoms with van der Waals surface area (Å²) in [5.41, 5.74) is 2.85. The predicted molar refractivity (Wildman–Crippen MR) is 103 cm³/mol. The first-order valence-electron chi connectivity index (χ1n) is 8.48. The minimum Gasteiger partial charge on any atom is -0.465 e. The third-order valence-corrected chi connectivity index (χ3v) is 5.52. The van der Waals surface area contributed by atoms with Crippen LogP contribution in [0.25, 0.3) is 10.9 Å². The molecule has 0 radical (unpaired) electrons. The smallest absolute Gasteiger partial charge is 0.409 e. The summed E-state index contributed by atoms with van der Waals surface area (Å²) in [5.74, 6) is 0. The summed E-state index contributed by atoms with van der Waals surface area (Å²) in [7, 11) is 0. The first-order chi connectivity index (χ1) is 12.5. The number of H-pyrrole nitrogens is 1. The number of hydrogen-bond donors (Lipinski definition) is 2. The lowest BCUT2D eigenvalue weighted by Gasteiger charge is -2.42. The van der Waals surface area contributed by atoms with Crippen LogP contribution in [-0.4, -0.2) is 27.6 Å². The van der Waals surface area contributed by atoms with Crippen molar-refractivity contribution in [1.82, 2.24) is 9.88 Å². The van der Waals surface area contributed by atoms with Gasteiger partial charge in [-0.2, -0.15) is 0 Å². The number of aromatic amines is 1.